The second-order valence-corrected chi connectivity index (χ2v) is 6.13. The van der Waals surface area contributed by atoms with Crippen molar-refractivity contribution < 1.29 is 26.7 Å². The number of halogens is 1. The van der Waals surface area contributed by atoms with Crippen molar-refractivity contribution in [3.8, 4) is 0 Å². The summed E-state index contributed by atoms with van der Waals surface area (Å²) in [5.41, 5.74) is 0. The zero-order chi connectivity index (χ0) is 8.81. The fraction of sp³-hybridized carbons (Fsp3) is 0.222. The van der Waals surface area contributed by atoms with Gasteiger partial charge in [-0.05, 0) is 0 Å². The maximum atomic E-state index is 11.1. The van der Waals surface area contributed by atoms with Gasteiger partial charge in [0, 0.05) is 0 Å². The van der Waals surface area contributed by atoms with Crippen LogP contribution in [-0.2, 0) is 21.9 Å². The first kappa shape index (κ1) is 12.8. The van der Waals surface area contributed by atoms with E-state index in [0.29, 0.717) is 6.61 Å². The van der Waals surface area contributed by atoms with E-state index in [4.69, 9.17) is 4.74 Å². The summed E-state index contributed by atoms with van der Waals surface area (Å²) in [6, 6.07) is 9.87. The Morgan fingerprint density at radius 1 is 1.38 bits per heavy atom. The molecule has 0 aliphatic carbocycles. The fourth-order valence-electron chi connectivity index (χ4n) is 0.975. The average Bonchev–Trinajstić information content (AvgIpc) is 2.06. The van der Waals surface area contributed by atoms with Gasteiger partial charge in [0.05, 0.1) is 0 Å². The molecule has 1 aromatic carbocycles. The van der Waals surface area contributed by atoms with Crippen LogP contribution < -0.4 is 4.16 Å². The molecule has 0 fully saturated rings. The molecule has 0 bridgehead atoms. The van der Waals surface area contributed by atoms with E-state index in [9.17, 15) is 4.79 Å². The van der Waals surface area contributed by atoms with Crippen LogP contribution in [0.4, 0.5) is 4.79 Å². The Balaban J connectivity index is 0.00000144. The van der Waals surface area contributed by atoms with Gasteiger partial charge in [-0.3, -0.25) is 0 Å². The van der Waals surface area contributed by atoms with Crippen molar-refractivity contribution in [1.82, 2.24) is 0 Å². The number of hydrogen-bond acceptors (Lipinski definition) is 2. The van der Waals surface area contributed by atoms with Gasteiger partial charge in [-0.2, -0.15) is 0 Å². The van der Waals surface area contributed by atoms with Crippen LogP contribution in [-0.4, -0.2) is 11.2 Å². The molecule has 0 N–H and O–H groups in total. The van der Waals surface area contributed by atoms with E-state index in [1.165, 1.54) is 4.16 Å². The van der Waals surface area contributed by atoms with Gasteiger partial charge >= 0.3 is 79.2 Å². The number of benzene rings is 1. The van der Waals surface area contributed by atoms with Crippen LogP contribution in [0.3, 0.4) is 0 Å². The molecule has 0 saturated carbocycles. The van der Waals surface area contributed by atoms with E-state index in [1.54, 1.807) is 0 Å². The van der Waals surface area contributed by atoms with Gasteiger partial charge in [-0.25, -0.2) is 0 Å². The summed E-state index contributed by atoms with van der Waals surface area (Å²) in [6.45, 7) is 2.34. The summed E-state index contributed by atoms with van der Waals surface area (Å²) in [5, 5.41) is 0. The van der Waals surface area contributed by atoms with Crippen LogP contribution in [0.1, 0.15) is 6.92 Å². The molecule has 0 aliphatic heterocycles. The second kappa shape index (κ2) is 7.22. The molecule has 0 radical (unpaired) electrons. The number of rotatable bonds is 3. The molecule has 1 rings (SSSR count). The quantitative estimate of drug-likeness (QED) is 0.799. The normalized spacial score (nSPS) is 8.08. The zero-order valence-electron chi connectivity index (χ0n) is 7.53. The minimum atomic E-state index is -1.29. The first-order valence-electron chi connectivity index (χ1n) is 4.02. The second-order valence-electron chi connectivity index (χ2n) is 2.47. The molecular weight excluding hydrogens is 285 g/mol. The van der Waals surface area contributed by atoms with Gasteiger partial charge in [-0.15, -0.1) is 17.0 Å². The van der Waals surface area contributed by atoms with Gasteiger partial charge in [0.25, 0.3) is 0 Å². The molecule has 0 heterocycles. The molecule has 0 atom stereocenters. The predicted molar refractivity (Wildman–Crippen MR) is 53.4 cm³/mol. The van der Waals surface area contributed by atoms with Crippen molar-refractivity contribution in [3.63, 3.8) is 0 Å². The zero-order valence-corrected chi connectivity index (χ0v) is 12.2. The molecule has 13 heavy (non-hydrogen) atoms. The van der Waals surface area contributed by atoms with Crippen LogP contribution in [0.5, 0.6) is 0 Å². The summed E-state index contributed by atoms with van der Waals surface area (Å²) >= 11 is -1.29. The van der Waals surface area contributed by atoms with Crippen molar-refractivity contribution in [2.75, 3.05) is 6.61 Å². The van der Waals surface area contributed by atoms with E-state index < -0.39 is 17.1 Å². The molecular formula is C9H11BrO2Zn. The fourth-order valence-corrected chi connectivity index (χ4v) is 3.38. The molecule has 2 nitrogen and oxygen atoms in total. The van der Waals surface area contributed by atoms with E-state index >= 15 is 0 Å². The van der Waals surface area contributed by atoms with Crippen LogP contribution >= 0.6 is 17.0 Å². The van der Waals surface area contributed by atoms with E-state index in [-0.39, 0.29) is 21.5 Å². The molecule has 0 amide bonds. The first-order valence-corrected chi connectivity index (χ1v) is 6.99. The van der Waals surface area contributed by atoms with Crippen LogP contribution in [0.25, 0.3) is 0 Å². The molecule has 1 aromatic rings. The molecule has 0 unspecified atom stereocenters. The Bertz CT molecular complexity index is 251. The molecule has 0 aromatic heterocycles. The summed E-state index contributed by atoms with van der Waals surface area (Å²) < 4.78 is 6.10. The van der Waals surface area contributed by atoms with E-state index in [1.807, 2.05) is 37.3 Å². The number of carbonyl (C=O) groups is 1. The molecule has 68 valence electrons. The Morgan fingerprint density at radius 2 is 2.00 bits per heavy atom. The molecule has 0 saturated heterocycles. The third kappa shape index (κ3) is 5.17. The summed E-state index contributed by atoms with van der Waals surface area (Å²) in [5.74, 6) is 0. The maximum absolute atomic E-state index is 11.1. The predicted octanol–water partition coefficient (Wildman–Crippen LogP) is 2.13. The van der Waals surface area contributed by atoms with Crippen LogP contribution in [0.2, 0.25) is 0 Å². The Kier molecular flexibility index (Phi) is 7.11. The number of ether oxygens (including phenoxy) is 1. The van der Waals surface area contributed by atoms with Crippen molar-refractivity contribution in [1.29, 1.82) is 0 Å². The van der Waals surface area contributed by atoms with Gasteiger partial charge in [0.15, 0.2) is 0 Å². The summed E-state index contributed by atoms with van der Waals surface area (Å²) in [6.07, 6.45) is 0. The van der Waals surface area contributed by atoms with E-state index in [0.717, 1.165) is 0 Å². The minimum absolute atomic E-state index is 0. The monoisotopic (exact) mass is 294 g/mol. The van der Waals surface area contributed by atoms with Gasteiger partial charge in [0.2, 0.25) is 0 Å². The summed E-state index contributed by atoms with van der Waals surface area (Å²) in [4.78, 5) is 11.1. The van der Waals surface area contributed by atoms with Crippen molar-refractivity contribution in [3.05, 3.63) is 30.3 Å². The van der Waals surface area contributed by atoms with Crippen molar-refractivity contribution in [2.24, 2.45) is 0 Å². The molecule has 0 aliphatic rings. The van der Waals surface area contributed by atoms with Crippen molar-refractivity contribution in [2.45, 2.75) is 6.92 Å². The number of hydrogen-bond donors (Lipinski definition) is 0. The topological polar surface area (TPSA) is 26.3 Å². The van der Waals surface area contributed by atoms with Gasteiger partial charge in [-0.1, -0.05) is 0 Å². The van der Waals surface area contributed by atoms with Gasteiger partial charge in [0.1, 0.15) is 0 Å². The van der Waals surface area contributed by atoms with Gasteiger partial charge < -0.3 is 0 Å². The summed E-state index contributed by atoms with van der Waals surface area (Å²) in [7, 11) is 0. The first-order chi connectivity index (χ1) is 5.83. The SMILES string of the molecule is Br.CCO[C](=O)[Zn][c]1ccccc1. The van der Waals surface area contributed by atoms with Crippen LogP contribution in [0, 0.1) is 0 Å². The average molecular weight is 296 g/mol. The molecule has 4 heteroatoms. The Labute approximate surface area is 96.0 Å². The molecule has 0 spiro atoms. The third-order valence-electron chi connectivity index (χ3n) is 1.50. The Hall–Kier alpha value is -0.207. The Morgan fingerprint density at radius 3 is 2.54 bits per heavy atom. The standard InChI is InChI=1S/C6H5.C3H5O2.BrH.Zn/c1-2-4-6-5-3-1;1-2-5-3-4;;/h1-5H;2H2,1H3;1H;. The number of carbonyl (C=O) groups excluding carboxylic acids is 1. The van der Waals surface area contributed by atoms with E-state index in [2.05, 4.69) is 0 Å². The van der Waals surface area contributed by atoms with Crippen LogP contribution in [0.15, 0.2) is 30.3 Å². The third-order valence-corrected chi connectivity index (χ3v) is 4.38. The van der Waals surface area contributed by atoms with Crippen molar-refractivity contribution >= 4 is 25.7 Å².